The lowest BCUT2D eigenvalue weighted by molar-refractivity contribution is -0.144. The minimum atomic E-state index is -0.378. The van der Waals surface area contributed by atoms with E-state index in [-0.39, 0.29) is 17.7 Å². The maximum absolute atomic E-state index is 11.5. The average Bonchev–Trinajstić information content (AvgIpc) is 2.80. The van der Waals surface area contributed by atoms with Gasteiger partial charge in [-0.25, -0.2) is 4.79 Å². The molecule has 15 heavy (non-hydrogen) atoms. The number of hydrogen-bond donors (Lipinski definition) is 0. The van der Waals surface area contributed by atoms with Crippen molar-refractivity contribution in [1.29, 1.82) is 0 Å². The van der Waals surface area contributed by atoms with Gasteiger partial charge in [-0.2, -0.15) is 0 Å². The first kappa shape index (κ1) is 10.9. The fourth-order valence-electron chi connectivity index (χ4n) is 2.37. The zero-order valence-electron chi connectivity index (χ0n) is 9.32. The maximum atomic E-state index is 11.5. The zero-order chi connectivity index (χ0) is 10.9. The van der Waals surface area contributed by atoms with Crippen molar-refractivity contribution >= 4 is 5.97 Å². The minimum absolute atomic E-state index is 0.232. The van der Waals surface area contributed by atoms with Crippen LogP contribution in [0.4, 0.5) is 0 Å². The molecule has 3 unspecified atom stereocenters. The Hall–Kier alpha value is -0.610. The van der Waals surface area contributed by atoms with Gasteiger partial charge in [-0.05, 0) is 13.3 Å². The summed E-state index contributed by atoms with van der Waals surface area (Å²) >= 11 is 0. The summed E-state index contributed by atoms with van der Waals surface area (Å²) in [6.45, 7) is 5.61. The van der Waals surface area contributed by atoms with Crippen LogP contribution in [0.5, 0.6) is 0 Å². The van der Waals surface area contributed by atoms with Gasteiger partial charge in [0.05, 0.1) is 19.8 Å². The van der Waals surface area contributed by atoms with Crippen LogP contribution in [0.1, 0.15) is 26.7 Å². The highest BCUT2D eigenvalue weighted by Crippen LogP contribution is 2.49. The SMILES string of the molecule is CCCC1COCC12OC2C(=O)OCC. The van der Waals surface area contributed by atoms with Gasteiger partial charge in [0.2, 0.25) is 0 Å². The summed E-state index contributed by atoms with van der Waals surface area (Å²) in [6, 6.07) is 0. The molecular weight excluding hydrogens is 196 g/mol. The molecular formula is C11H18O4. The molecule has 3 atom stereocenters. The van der Waals surface area contributed by atoms with Crippen molar-refractivity contribution in [2.75, 3.05) is 19.8 Å². The molecule has 0 saturated carbocycles. The lowest BCUT2D eigenvalue weighted by atomic mass is 9.89. The minimum Gasteiger partial charge on any atom is -0.464 e. The Morgan fingerprint density at radius 3 is 3.00 bits per heavy atom. The summed E-state index contributed by atoms with van der Waals surface area (Å²) in [5.41, 5.74) is -0.345. The van der Waals surface area contributed by atoms with Gasteiger partial charge in [0.25, 0.3) is 0 Å². The Morgan fingerprint density at radius 2 is 2.33 bits per heavy atom. The van der Waals surface area contributed by atoms with Crippen LogP contribution in [-0.2, 0) is 19.0 Å². The molecule has 86 valence electrons. The van der Waals surface area contributed by atoms with E-state index < -0.39 is 0 Å². The third-order valence-corrected chi connectivity index (χ3v) is 3.20. The van der Waals surface area contributed by atoms with Crippen molar-refractivity contribution in [1.82, 2.24) is 0 Å². The van der Waals surface area contributed by atoms with Crippen LogP contribution in [-0.4, -0.2) is 37.5 Å². The standard InChI is InChI=1S/C11H18O4/c1-3-5-8-6-13-7-11(8)9(15-11)10(12)14-4-2/h8-9H,3-7H2,1-2H3. The lowest BCUT2D eigenvalue weighted by Crippen LogP contribution is -2.29. The molecule has 2 fully saturated rings. The average molecular weight is 214 g/mol. The van der Waals surface area contributed by atoms with Crippen molar-refractivity contribution in [2.24, 2.45) is 5.92 Å². The molecule has 0 aromatic heterocycles. The third-order valence-electron chi connectivity index (χ3n) is 3.20. The summed E-state index contributed by atoms with van der Waals surface area (Å²) in [6.07, 6.45) is 1.77. The number of carbonyl (C=O) groups is 1. The number of ether oxygens (including phenoxy) is 3. The smallest absolute Gasteiger partial charge is 0.338 e. The number of carbonyl (C=O) groups excluding carboxylic acids is 1. The van der Waals surface area contributed by atoms with Gasteiger partial charge in [0.15, 0.2) is 6.10 Å². The predicted octanol–water partition coefficient (Wildman–Crippen LogP) is 1.13. The van der Waals surface area contributed by atoms with E-state index in [9.17, 15) is 4.79 Å². The van der Waals surface area contributed by atoms with Crippen LogP contribution in [0.25, 0.3) is 0 Å². The topological polar surface area (TPSA) is 48.1 Å². The maximum Gasteiger partial charge on any atom is 0.338 e. The number of hydrogen-bond acceptors (Lipinski definition) is 4. The first-order valence-corrected chi connectivity index (χ1v) is 5.66. The molecule has 0 amide bonds. The molecule has 4 heteroatoms. The second kappa shape index (κ2) is 4.10. The molecule has 0 aromatic rings. The monoisotopic (exact) mass is 214 g/mol. The number of epoxide rings is 1. The van der Waals surface area contributed by atoms with Gasteiger partial charge in [0.1, 0.15) is 5.60 Å². The van der Waals surface area contributed by atoms with E-state index in [1.807, 2.05) is 6.92 Å². The largest absolute Gasteiger partial charge is 0.464 e. The second-order valence-corrected chi connectivity index (χ2v) is 4.21. The molecule has 0 aliphatic carbocycles. The van der Waals surface area contributed by atoms with E-state index in [2.05, 4.69) is 6.92 Å². The molecule has 2 aliphatic heterocycles. The third kappa shape index (κ3) is 1.76. The quantitative estimate of drug-likeness (QED) is 0.520. The Bertz CT molecular complexity index is 253. The lowest BCUT2D eigenvalue weighted by Gasteiger charge is -2.11. The summed E-state index contributed by atoms with van der Waals surface area (Å²) in [7, 11) is 0. The summed E-state index contributed by atoms with van der Waals surface area (Å²) in [5, 5.41) is 0. The Balaban J connectivity index is 1.95. The first-order valence-electron chi connectivity index (χ1n) is 5.66. The Labute approximate surface area is 89.9 Å². The Kier molecular flexibility index (Phi) is 2.98. The van der Waals surface area contributed by atoms with Crippen molar-refractivity contribution in [3.05, 3.63) is 0 Å². The van der Waals surface area contributed by atoms with Crippen LogP contribution in [0, 0.1) is 5.92 Å². The van der Waals surface area contributed by atoms with E-state index in [0.29, 0.717) is 25.7 Å². The van der Waals surface area contributed by atoms with Crippen LogP contribution < -0.4 is 0 Å². The normalized spacial score (nSPS) is 38.3. The molecule has 0 bridgehead atoms. The van der Waals surface area contributed by atoms with Crippen molar-refractivity contribution in [2.45, 2.75) is 38.4 Å². The molecule has 1 spiro atoms. The highest BCUT2D eigenvalue weighted by molar-refractivity contribution is 5.79. The molecule has 2 aliphatic rings. The van der Waals surface area contributed by atoms with Crippen LogP contribution >= 0.6 is 0 Å². The fraction of sp³-hybridized carbons (Fsp3) is 0.909. The van der Waals surface area contributed by atoms with E-state index in [1.165, 1.54) is 0 Å². The highest BCUT2D eigenvalue weighted by Gasteiger charge is 2.68. The van der Waals surface area contributed by atoms with Crippen LogP contribution in [0.3, 0.4) is 0 Å². The van der Waals surface area contributed by atoms with Gasteiger partial charge in [-0.3, -0.25) is 0 Å². The summed E-state index contributed by atoms with van der Waals surface area (Å²) < 4.78 is 15.9. The van der Waals surface area contributed by atoms with Gasteiger partial charge in [0, 0.05) is 5.92 Å². The second-order valence-electron chi connectivity index (χ2n) is 4.21. The Morgan fingerprint density at radius 1 is 1.53 bits per heavy atom. The first-order chi connectivity index (χ1) is 7.24. The molecule has 2 rings (SSSR count). The molecule has 4 nitrogen and oxygen atoms in total. The molecule has 2 saturated heterocycles. The molecule has 0 aromatic carbocycles. The van der Waals surface area contributed by atoms with Gasteiger partial charge in [-0.15, -0.1) is 0 Å². The van der Waals surface area contributed by atoms with E-state index in [0.717, 1.165) is 12.8 Å². The highest BCUT2D eigenvalue weighted by atomic mass is 16.7. The van der Waals surface area contributed by atoms with Gasteiger partial charge < -0.3 is 14.2 Å². The van der Waals surface area contributed by atoms with E-state index in [4.69, 9.17) is 14.2 Å². The summed E-state index contributed by atoms with van der Waals surface area (Å²) in [5.74, 6) is 0.126. The van der Waals surface area contributed by atoms with E-state index in [1.54, 1.807) is 0 Å². The van der Waals surface area contributed by atoms with E-state index >= 15 is 0 Å². The number of rotatable bonds is 4. The van der Waals surface area contributed by atoms with Gasteiger partial charge in [-0.1, -0.05) is 13.3 Å². The molecule has 0 N–H and O–H groups in total. The van der Waals surface area contributed by atoms with Crippen molar-refractivity contribution in [3.8, 4) is 0 Å². The number of esters is 1. The predicted molar refractivity (Wildman–Crippen MR) is 53.5 cm³/mol. The van der Waals surface area contributed by atoms with Crippen LogP contribution in [0.15, 0.2) is 0 Å². The summed E-state index contributed by atoms with van der Waals surface area (Å²) in [4.78, 5) is 11.5. The molecule has 0 radical (unpaired) electrons. The fourth-order valence-corrected chi connectivity index (χ4v) is 2.37. The van der Waals surface area contributed by atoms with Crippen molar-refractivity contribution < 1.29 is 19.0 Å². The molecule has 2 heterocycles. The van der Waals surface area contributed by atoms with Gasteiger partial charge >= 0.3 is 5.97 Å². The van der Waals surface area contributed by atoms with Crippen LogP contribution in [0.2, 0.25) is 0 Å². The van der Waals surface area contributed by atoms with Crippen molar-refractivity contribution in [3.63, 3.8) is 0 Å². The zero-order valence-corrected chi connectivity index (χ0v) is 9.32.